The van der Waals surface area contributed by atoms with Gasteiger partial charge in [0.25, 0.3) is 0 Å². The smallest absolute Gasteiger partial charge is 0.124 e. The first-order chi connectivity index (χ1) is 10.1. The number of halogens is 3. The summed E-state index contributed by atoms with van der Waals surface area (Å²) in [4.78, 5) is 4.21. The Bertz CT molecular complexity index is 607. The van der Waals surface area contributed by atoms with E-state index in [1.807, 2.05) is 12.3 Å². The predicted octanol–water partition coefficient (Wildman–Crippen LogP) is 4.87. The fourth-order valence-corrected chi connectivity index (χ4v) is 3.46. The van der Waals surface area contributed by atoms with Crippen LogP contribution < -0.4 is 5.32 Å². The number of aromatic nitrogens is 1. The highest BCUT2D eigenvalue weighted by Crippen LogP contribution is 2.25. The van der Waals surface area contributed by atoms with Gasteiger partial charge < -0.3 is 5.32 Å². The molecule has 2 rings (SSSR count). The van der Waals surface area contributed by atoms with E-state index in [1.165, 1.54) is 6.07 Å². The SMILES string of the molecule is CCCNC(Cc1cncc(Br)c1)c1ccc(F)cc1I. The lowest BCUT2D eigenvalue weighted by Gasteiger charge is -2.20. The van der Waals surface area contributed by atoms with Gasteiger partial charge in [0.05, 0.1) is 0 Å². The van der Waals surface area contributed by atoms with Gasteiger partial charge in [0.15, 0.2) is 0 Å². The zero-order valence-electron chi connectivity index (χ0n) is 11.7. The van der Waals surface area contributed by atoms with Gasteiger partial charge in [0.2, 0.25) is 0 Å². The Balaban J connectivity index is 2.25. The van der Waals surface area contributed by atoms with Crippen LogP contribution in [0, 0.1) is 9.39 Å². The van der Waals surface area contributed by atoms with E-state index in [9.17, 15) is 4.39 Å². The van der Waals surface area contributed by atoms with Crippen molar-refractivity contribution in [2.75, 3.05) is 6.54 Å². The molecule has 0 aliphatic carbocycles. The van der Waals surface area contributed by atoms with Crippen LogP contribution in [0.15, 0.2) is 41.1 Å². The maximum Gasteiger partial charge on any atom is 0.124 e. The Labute approximate surface area is 146 Å². The minimum Gasteiger partial charge on any atom is -0.310 e. The van der Waals surface area contributed by atoms with E-state index in [4.69, 9.17) is 0 Å². The maximum atomic E-state index is 13.3. The molecule has 0 amide bonds. The molecule has 0 spiro atoms. The summed E-state index contributed by atoms with van der Waals surface area (Å²) in [6.07, 6.45) is 5.54. The molecule has 0 saturated heterocycles. The molecule has 0 radical (unpaired) electrons. The molecule has 1 unspecified atom stereocenters. The van der Waals surface area contributed by atoms with E-state index in [2.05, 4.69) is 61.8 Å². The lowest BCUT2D eigenvalue weighted by molar-refractivity contribution is 0.525. The van der Waals surface area contributed by atoms with Crippen molar-refractivity contribution in [1.29, 1.82) is 0 Å². The first kappa shape index (κ1) is 16.8. The molecule has 0 saturated carbocycles. The molecular formula is C16H17BrFIN2. The van der Waals surface area contributed by atoms with E-state index in [0.29, 0.717) is 0 Å². The second-order valence-corrected chi connectivity index (χ2v) is 6.97. The van der Waals surface area contributed by atoms with E-state index in [-0.39, 0.29) is 11.9 Å². The van der Waals surface area contributed by atoms with Crippen LogP contribution in [0.4, 0.5) is 4.39 Å². The Morgan fingerprint density at radius 2 is 2.14 bits per heavy atom. The molecule has 5 heteroatoms. The molecular weight excluding hydrogens is 446 g/mol. The van der Waals surface area contributed by atoms with Gasteiger partial charge in [-0.1, -0.05) is 13.0 Å². The molecule has 1 atom stereocenters. The van der Waals surface area contributed by atoms with E-state index in [0.717, 1.165) is 38.6 Å². The summed E-state index contributed by atoms with van der Waals surface area (Å²) in [7, 11) is 0. The third-order valence-electron chi connectivity index (χ3n) is 3.18. The molecule has 2 nitrogen and oxygen atoms in total. The third-order valence-corrected chi connectivity index (χ3v) is 4.55. The van der Waals surface area contributed by atoms with E-state index < -0.39 is 0 Å². The minimum absolute atomic E-state index is 0.161. The van der Waals surface area contributed by atoms with Crippen LogP contribution in [0.3, 0.4) is 0 Å². The lowest BCUT2D eigenvalue weighted by atomic mass is 9.99. The van der Waals surface area contributed by atoms with Crippen LogP contribution in [-0.2, 0) is 6.42 Å². The van der Waals surface area contributed by atoms with Crippen LogP contribution in [0.1, 0.15) is 30.5 Å². The predicted molar refractivity (Wildman–Crippen MR) is 95.8 cm³/mol. The van der Waals surface area contributed by atoms with Gasteiger partial charge in [-0.3, -0.25) is 4.98 Å². The summed E-state index contributed by atoms with van der Waals surface area (Å²) in [5.41, 5.74) is 2.28. The van der Waals surface area contributed by atoms with Crippen molar-refractivity contribution in [3.8, 4) is 0 Å². The fraction of sp³-hybridized carbons (Fsp3) is 0.312. The number of hydrogen-bond acceptors (Lipinski definition) is 2. The van der Waals surface area contributed by atoms with Gasteiger partial charge in [0.1, 0.15) is 5.82 Å². The molecule has 2 aromatic rings. The molecule has 112 valence electrons. The van der Waals surface area contributed by atoms with Crippen LogP contribution >= 0.6 is 38.5 Å². The monoisotopic (exact) mass is 462 g/mol. The zero-order valence-corrected chi connectivity index (χ0v) is 15.5. The van der Waals surface area contributed by atoms with E-state index >= 15 is 0 Å². The Hall–Kier alpha value is -0.530. The van der Waals surface area contributed by atoms with Crippen molar-refractivity contribution < 1.29 is 4.39 Å². The maximum absolute atomic E-state index is 13.3. The molecule has 1 aromatic carbocycles. The van der Waals surface area contributed by atoms with Crippen molar-refractivity contribution in [2.24, 2.45) is 0 Å². The number of rotatable bonds is 6. The van der Waals surface area contributed by atoms with Crippen LogP contribution in [0.5, 0.6) is 0 Å². The molecule has 0 bridgehead atoms. The second-order valence-electron chi connectivity index (χ2n) is 4.89. The molecule has 1 N–H and O–H groups in total. The summed E-state index contributed by atoms with van der Waals surface area (Å²) < 4.78 is 15.2. The highest BCUT2D eigenvalue weighted by molar-refractivity contribution is 14.1. The van der Waals surface area contributed by atoms with Gasteiger partial charge in [0, 0.05) is 26.5 Å². The van der Waals surface area contributed by atoms with Crippen molar-refractivity contribution in [2.45, 2.75) is 25.8 Å². The van der Waals surface area contributed by atoms with Crippen LogP contribution in [-0.4, -0.2) is 11.5 Å². The Kier molecular flexibility index (Phi) is 6.57. The van der Waals surface area contributed by atoms with Crippen molar-refractivity contribution in [3.63, 3.8) is 0 Å². The van der Waals surface area contributed by atoms with Crippen molar-refractivity contribution >= 4 is 38.5 Å². The van der Waals surface area contributed by atoms with Gasteiger partial charge in [-0.2, -0.15) is 0 Å². The number of benzene rings is 1. The summed E-state index contributed by atoms with van der Waals surface area (Å²) in [6.45, 7) is 3.07. The third kappa shape index (κ3) is 5.00. The summed E-state index contributed by atoms with van der Waals surface area (Å²) in [6, 6.07) is 7.21. The summed E-state index contributed by atoms with van der Waals surface area (Å²) >= 11 is 5.65. The Morgan fingerprint density at radius 1 is 1.33 bits per heavy atom. The molecule has 0 aliphatic heterocycles. The first-order valence-electron chi connectivity index (χ1n) is 6.88. The quantitative estimate of drug-likeness (QED) is 0.619. The fourth-order valence-electron chi connectivity index (χ4n) is 2.20. The van der Waals surface area contributed by atoms with Crippen LogP contribution in [0.25, 0.3) is 0 Å². The van der Waals surface area contributed by atoms with Crippen molar-refractivity contribution in [1.82, 2.24) is 10.3 Å². The number of nitrogens with zero attached hydrogens (tertiary/aromatic N) is 1. The molecule has 0 fully saturated rings. The number of nitrogens with one attached hydrogen (secondary N) is 1. The molecule has 21 heavy (non-hydrogen) atoms. The number of pyridine rings is 1. The highest BCUT2D eigenvalue weighted by Gasteiger charge is 2.15. The standard InChI is InChI=1S/C16H17BrFIN2/c1-2-5-21-16(7-11-6-12(17)10-20-9-11)14-4-3-13(18)8-15(14)19/h3-4,6,8-10,16,21H,2,5,7H2,1H3. The van der Waals surface area contributed by atoms with Gasteiger partial charge >= 0.3 is 0 Å². The lowest BCUT2D eigenvalue weighted by Crippen LogP contribution is -2.25. The van der Waals surface area contributed by atoms with Crippen LogP contribution in [0.2, 0.25) is 0 Å². The summed E-state index contributed by atoms with van der Waals surface area (Å²) in [5.74, 6) is -0.193. The minimum atomic E-state index is -0.193. The molecule has 1 aromatic heterocycles. The Morgan fingerprint density at radius 3 is 2.81 bits per heavy atom. The first-order valence-corrected chi connectivity index (χ1v) is 8.75. The normalized spacial score (nSPS) is 12.4. The van der Waals surface area contributed by atoms with Gasteiger partial charge in [-0.05, 0) is 87.2 Å². The van der Waals surface area contributed by atoms with Gasteiger partial charge in [-0.15, -0.1) is 0 Å². The number of hydrogen-bond donors (Lipinski definition) is 1. The second kappa shape index (κ2) is 8.19. The largest absolute Gasteiger partial charge is 0.310 e. The average Bonchev–Trinajstić information content (AvgIpc) is 2.44. The average molecular weight is 463 g/mol. The van der Waals surface area contributed by atoms with Gasteiger partial charge in [-0.25, -0.2) is 4.39 Å². The molecule has 1 heterocycles. The van der Waals surface area contributed by atoms with Crippen molar-refractivity contribution in [3.05, 3.63) is 61.6 Å². The summed E-state index contributed by atoms with van der Waals surface area (Å²) in [5, 5.41) is 3.54. The van der Waals surface area contributed by atoms with E-state index in [1.54, 1.807) is 12.3 Å². The molecule has 0 aliphatic rings. The zero-order chi connectivity index (χ0) is 15.2. The topological polar surface area (TPSA) is 24.9 Å². The highest BCUT2D eigenvalue weighted by atomic mass is 127.